The van der Waals surface area contributed by atoms with E-state index in [0.717, 1.165) is 73.9 Å². The summed E-state index contributed by atoms with van der Waals surface area (Å²) in [5, 5.41) is 5.22. The molecule has 7 nitrogen and oxygen atoms in total. The van der Waals surface area contributed by atoms with Gasteiger partial charge in [-0.2, -0.15) is 0 Å². The first-order valence-corrected chi connectivity index (χ1v) is 15.1. The number of halogens is 5. The highest BCUT2D eigenvalue weighted by Crippen LogP contribution is 2.61. The molecular weight excluding hydrogens is 556 g/mol. The van der Waals surface area contributed by atoms with Crippen molar-refractivity contribution in [1.82, 2.24) is 9.97 Å². The maximum Gasteiger partial charge on any atom is 0.341 e. The molecule has 0 amide bonds. The maximum atomic E-state index is 11.3. The highest BCUT2D eigenvalue weighted by Gasteiger charge is 2.17. The van der Waals surface area contributed by atoms with E-state index in [4.69, 9.17) is 28.3 Å². The minimum Gasteiger partial charge on any atom is -0.477 e. The van der Waals surface area contributed by atoms with Crippen molar-refractivity contribution in [2.45, 2.75) is 51.4 Å². The number of hydrogen-bond acceptors (Lipinski definition) is 5. The second-order valence-corrected chi connectivity index (χ2v) is 14.7. The quantitative estimate of drug-likeness (QED) is 0.232. The summed E-state index contributed by atoms with van der Waals surface area (Å²) in [6.07, 6.45) is 8.06. The van der Waals surface area contributed by atoms with Gasteiger partial charge in [0.1, 0.15) is 10.7 Å². The molecule has 0 aliphatic heterocycles. The molecule has 0 aromatic carbocycles. The third-order valence-corrected chi connectivity index (χ3v) is 5.53. The zero-order valence-corrected chi connectivity index (χ0v) is 21.9. The fourth-order valence-corrected chi connectivity index (χ4v) is 4.01. The van der Waals surface area contributed by atoms with Gasteiger partial charge in [0.2, 0.25) is 0 Å². The van der Waals surface area contributed by atoms with Gasteiger partial charge in [0, 0.05) is 11.4 Å². The zero-order chi connectivity index (χ0) is 24.8. The Bertz CT molecular complexity index is 1140. The first-order chi connectivity index (χ1) is 15.4. The Morgan fingerprint density at radius 1 is 0.939 bits per heavy atom. The van der Waals surface area contributed by atoms with Gasteiger partial charge < -0.3 is 10.1 Å². The number of aromatic nitrogens is 2. The van der Waals surface area contributed by atoms with Gasteiger partial charge in [-0.1, -0.05) is 11.6 Å². The molecule has 0 saturated carbocycles. The SMILES string of the molecule is O=C(Cl)c1cc2c(nc1Cl)CCCC2.O=C(O)c1cc2c([nH]c1=O)CCCC2.O=P(Cl)(Cl)Cl. The maximum absolute atomic E-state index is 11.3. The fourth-order valence-electron chi connectivity index (χ4n) is 3.58. The number of hydrogen-bond donors (Lipinski definition) is 2. The van der Waals surface area contributed by atoms with Crippen molar-refractivity contribution in [3.8, 4) is 0 Å². The third kappa shape index (κ3) is 9.23. The fraction of sp³-hybridized carbons (Fsp3) is 0.400. The van der Waals surface area contributed by atoms with Crippen LogP contribution in [0.25, 0.3) is 0 Å². The Balaban J connectivity index is 0.000000195. The second kappa shape index (κ2) is 12.6. The minimum absolute atomic E-state index is 0.148. The Kier molecular flexibility index (Phi) is 10.7. The van der Waals surface area contributed by atoms with E-state index in [9.17, 15) is 18.9 Å². The Labute approximate surface area is 214 Å². The molecule has 2 N–H and O–H groups in total. The summed E-state index contributed by atoms with van der Waals surface area (Å²) in [5.41, 5.74) is 3.71. The van der Waals surface area contributed by atoms with Crippen LogP contribution in [0.4, 0.5) is 0 Å². The summed E-state index contributed by atoms with van der Waals surface area (Å²) >= 11 is 25.1. The zero-order valence-electron chi connectivity index (χ0n) is 17.2. The van der Waals surface area contributed by atoms with Crippen molar-refractivity contribution >= 4 is 73.3 Å². The molecule has 2 aliphatic carbocycles. The molecule has 2 aromatic rings. The van der Waals surface area contributed by atoms with E-state index in [1.807, 2.05) is 0 Å². The Morgan fingerprint density at radius 2 is 1.45 bits per heavy atom. The lowest BCUT2D eigenvalue weighted by molar-refractivity contribution is 0.0694. The van der Waals surface area contributed by atoms with Crippen LogP contribution in [0, 0.1) is 0 Å². The van der Waals surface area contributed by atoms with Gasteiger partial charge in [-0.15, -0.1) is 0 Å². The standard InChI is InChI=1S/C10H9Cl2NO.C10H11NO3.Cl3OP/c11-9-7(10(12)14)5-6-3-1-2-4-8(6)13-9;12-9-7(10(13)14)5-6-3-1-2-4-8(6)11-9;1-5(2,3)4/h5H,1-4H2;5H,1-4H2,(H,11,12)(H,13,14);. The van der Waals surface area contributed by atoms with E-state index in [2.05, 4.69) is 43.7 Å². The van der Waals surface area contributed by atoms with Crippen molar-refractivity contribution in [3.63, 3.8) is 0 Å². The lowest BCUT2D eigenvalue weighted by atomic mass is 9.95. The molecular formula is C20H20Cl5N2O5P. The average Bonchev–Trinajstić information content (AvgIpc) is 2.71. The first-order valence-electron chi connectivity index (χ1n) is 9.92. The Hall–Kier alpha value is -1.08. The van der Waals surface area contributed by atoms with Crippen LogP contribution in [-0.2, 0) is 30.2 Å². The van der Waals surface area contributed by atoms with Crippen molar-refractivity contribution in [3.05, 3.63) is 61.3 Å². The van der Waals surface area contributed by atoms with Gasteiger partial charge in [0.15, 0.2) is 0 Å². The van der Waals surface area contributed by atoms with E-state index in [0.29, 0.717) is 5.56 Å². The summed E-state index contributed by atoms with van der Waals surface area (Å²) in [4.78, 5) is 39.8. The van der Waals surface area contributed by atoms with Crippen molar-refractivity contribution in [2.75, 3.05) is 0 Å². The minimum atomic E-state index is -3.22. The summed E-state index contributed by atoms with van der Waals surface area (Å²) < 4.78 is 9.51. The number of aryl methyl sites for hydroxylation is 4. The number of rotatable bonds is 2. The molecule has 180 valence electrons. The molecule has 0 unspecified atom stereocenters. The van der Waals surface area contributed by atoms with E-state index in [1.54, 1.807) is 6.07 Å². The van der Waals surface area contributed by atoms with Crippen LogP contribution in [0.15, 0.2) is 16.9 Å². The number of carboxylic acid groups (broad SMARTS) is 1. The molecule has 33 heavy (non-hydrogen) atoms. The van der Waals surface area contributed by atoms with E-state index < -0.39 is 22.0 Å². The van der Waals surface area contributed by atoms with Crippen LogP contribution in [-0.4, -0.2) is 26.3 Å². The second-order valence-electron chi connectivity index (χ2n) is 7.34. The Morgan fingerprint density at radius 3 is 2.03 bits per heavy atom. The van der Waals surface area contributed by atoms with Crippen LogP contribution in [0.2, 0.25) is 5.15 Å². The number of carboxylic acids is 1. The van der Waals surface area contributed by atoms with E-state index in [1.165, 1.54) is 6.07 Å². The van der Waals surface area contributed by atoms with E-state index in [-0.39, 0.29) is 10.7 Å². The largest absolute Gasteiger partial charge is 0.477 e. The molecule has 0 atom stereocenters. The molecule has 0 spiro atoms. The number of carbonyl (C=O) groups excluding carboxylic acids is 1. The van der Waals surface area contributed by atoms with Crippen LogP contribution < -0.4 is 5.56 Å². The predicted octanol–water partition coefficient (Wildman–Crippen LogP) is 6.76. The van der Waals surface area contributed by atoms with Crippen molar-refractivity contribution < 1.29 is 19.3 Å². The highest BCUT2D eigenvalue weighted by molar-refractivity contribution is 8.24. The summed E-state index contributed by atoms with van der Waals surface area (Å²) in [5.74, 6) is -1.15. The number of nitrogens with one attached hydrogen (secondary N) is 1. The smallest absolute Gasteiger partial charge is 0.341 e. The molecule has 0 fully saturated rings. The third-order valence-electron chi connectivity index (χ3n) is 5.03. The number of aromatic amines is 1. The molecule has 0 radical (unpaired) electrons. The highest BCUT2D eigenvalue weighted by atomic mass is 36.0. The predicted molar refractivity (Wildman–Crippen MR) is 132 cm³/mol. The van der Waals surface area contributed by atoms with Crippen molar-refractivity contribution in [1.29, 1.82) is 0 Å². The molecule has 2 heterocycles. The number of aromatic carboxylic acids is 1. The molecule has 0 saturated heterocycles. The first kappa shape index (κ1) is 28.2. The van der Waals surface area contributed by atoms with Crippen LogP contribution in [0.3, 0.4) is 0 Å². The van der Waals surface area contributed by atoms with Crippen LogP contribution >= 0.6 is 62.1 Å². The van der Waals surface area contributed by atoms with Gasteiger partial charge in [-0.05, 0) is 120 Å². The molecule has 2 aliphatic rings. The summed E-state index contributed by atoms with van der Waals surface area (Å²) in [6.45, 7) is 0. The lowest BCUT2D eigenvalue weighted by Gasteiger charge is -2.15. The molecule has 2 aromatic heterocycles. The molecule has 4 rings (SSSR count). The van der Waals surface area contributed by atoms with Gasteiger partial charge >= 0.3 is 11.2 Å². The summed E-state index contributed by atoms with van der Waals surface area (Å²) in [6, 6.07) is 3.29. The van der Waals surface area contributed by atoms with Gasteiger partial charge in [-0.25, -0.2) is 9.78 Å². The lowest BCUT2D eigenvalue weighted by Crippen LogP contribution is -2.22. The normalized spacial score (nSPS) is 14.5. The number of pyridine rings is 2. The molecule has 0 bridgehead atoms. The van der Waals surface area contributed by atoms with Gasteiger partial charge in [0.25, 0.3) is 10.8 Å². The topological polar surface area (TPSA) is 117 Å². The monoisotopic (exact) mass is 574 g/mol. The summed E-state index contributed by atoms with van der Waals surface area (Å²) in [7, 11) is 0. The van der Waals surface area contributed by atoms with Crippen LogP contribution in [0.1, 0.15) is 68.9 Å². The van der Waals surface area contributed by atoms with E-state index >= 15 is 0 Å². The van der Waals surface area contributed by atoms with Gasteiger partial charge in [-0.3, -0.25) is 14.2 Å². The number of nitrogens with zero attached hydrogens (tertiary/aromatic N) is 1. The number of carbonyl (C=O) groups is 2. The number of fused-ring (bicyclic) bond motifs is 2. The molecule has 13 heteroatoms. The van der Waals surface area contributed by atoms with Gasteiger partial charge in [0.05, 0.1) is 5.56 Å². The average molecular weight is 577 g/mol. The van der Waals surface area contributed by atoms with Crippen molar-refractivity contribution in [2.24, 2.45) is 0 Å². The number of H-pyrrole nitrogens is 1. The van der Waals surface area contributed by atoms with Crippen LogP contribution in [0.5, 0.6) is 0 Å².